The van der Waals surface area contributed by atoms with Crippen LogP contribution in [0, 0.1) is 0 Å². The Morgan fingerprint density at radius 3 is 2.70 bits per heavy atom. The number of nitrogens with zero attached hydrogens (tertiary/aromatic N) is 2. The number of hydrogen-bond acceptors (Lipinski definition) is 6. The summed E-state index contributed by atoms with van der Waals surface area (Å²) < 4.78 is 58.8. The third-order valence-corrected chi connectivity index (χ3v) is 6.52. The molecule has 3 aromatic rings. The Labute approximate surface area is 170 Å². The van der Waals surface area contributed by atoms with Gasteiger partial charge in [-0.3, -0.25) is 0 Å². The SMILES string of the molecule is CP(C)(=O)c1cccc2c(-c3nc(N[C@H]4COC[C@@H]4O)ncc3C(F)(F)F)c[nH]c12. The molecule has 3 heterocycles. The van der Waals surface area contributed by atoms with E-state index in [2.05, 4.69) is 20.3 Å². The van der Waals surface area contributed by atoms with Crippen molar-refractivity contribution in [1.29, 1.82) is 0 Å². The first kappa shape index (κ1) is 20.8. The lowest BCUT2D eigenvalue weighted by Crippen LogP contribution is -2.32. The number of aliphatic hydroxyl groups excluding tert-OH is 1. The molecule has 0 saturated carbocycles. The predicted octanol–water partition coefficient (Wildman–Crippen LogP) is 3.06. The first-order valence-electron chi connectivity index (χ1n) is 9.18. The van der Waals surface area contributed by atoms with Crippen molar-refractivity contribution in [3.05, 3.63) is 36.2 Å². The summed E-state index contributed by atoms with van der Waals surface area (Å²) in [5.74, 6) is -0.0466. The summed E-state index contributed by atoms with van der Waals surface area (Å²) in [4.78, 5) is 10.9. The molecule has 0 radical (unpaired) electrons. The van der Waals surface area contributed by atoms with Gasteiger partial charge in [-0.15, -0.1) is 0 Å². The number of ether oxygens (including phenoxy) is 1. The largest absolute Gasteiger partial charge is 0.419 e. The molecule has 1 aliphatic rings. The lowest BCUT2D eigenvalue weighted by atomic mass is 10.1. The molecule has 0 spiro atoms. The highest BCUT2D eigenvalue weighted by Gasteiger charge is 2.37. The zero-order valence-corrected chi connectivity index (χ0v) is 17.1. The summed E-state index contributed by atoms with van der Waals surface area (Å²) in [6.45, 7) is 3.53. The fraction of sp³-hybridized carbons (Fsp3) is 0.368. The second-order valence-electron chi connectivity index (χ2n) is 7.56. The number of hydrogen-bond donors (Lipinski definition) is 3. The van der Waals surface area contributed by atoms with E-state index in [4.69, 9.17) is 4.74 Å². The van der Waals surface area contributed by atoms with Crippen molar-refractivity contribution in [3.63, 3.8) is 0 Å². The molecule has 2 atom stereocenters. The number of aliphatic hydroxyl groups is 1. The highest BCUT2D eigenvalue weighted by molar-refractivity contribution is 7.70. The fourth-order valence-corrected chi connectivity index (χ4v) is 4.66. The van der Waals surface area contributed by atoms with Gasteiger partial charge in [-0.2, -0.15) is 13.2 Å². The van der Waals surface area contributed by atoms with Crippen LogP contribution in [0.25, 0.3) is 22.2 Å². The Bertz CT molecular complexity index is 1140. The number of halogens is 3. The summed E-state index contributed by atoms with van der Waals surface area (Å²) in [5.41, 5.74) is -0.555. The van der Waals surface area contributed by atoms with Crippen LogP contribution < -0.4 is 10.6 Å². The Kier molecular flexibility index (Phi) is 5.12. The van der Waals surface area contributed by atoms with Crippen molar-refractivity contribution in [1.82, 2.24) is 15.0 Å². The van der Waals surface area contributed by atoms with Crippen LogP contribution in [0.4, 0.5) is 19.1 Å². The van der Waals surface area contributed by atoms with E-state index in [0.717, 1.165) is 6.20 Å². The Balaban J connectivity index is 1.86. The number of benzene rings is 1. The minimum absolute atomic E-state index is 0.0466. The monoisotopic (exact) mass is 440 g/mol. The van der Waals surface area contributed by atoms with Gasteiger partial charge < -0.3 is 24.7 Å². The molecule has 2 aromatic heterocycles. The molecule has 0 bridgehead atoms. The molecule has 1 saturated heterocycles. The first-order chi connectivity index (χ1) is 14.1. The van der Waals surface area contributed by atoms with Gasteiger partial charge in [0.15, 0.2) is 0 Å². The quantitative estimate of drug-likeness (QED) is 0.540. The van der Waals surface area contributed by atoms with E-state index in [1.165, 1.54) is 6.20 Å². The van der Waals surface area contributed by atoms with Gasteiger partial charge >= 0.3 is 6.18 Å². The molecular weight excluding hydrogens is 420 g/mol. The number of aromatic nitrogens is 3. The van der Waals surface area contributed by atoms with Crippen molar-refractivity contribution in [3.8, 4) is 11.3 Å². The Hall–Kier alpha value is -2.42. The maximum atomic E-state index is 13.7. The smallest absolute Gasteiger partial charge is 0.388 e. The number of para-hydroxylation sites is 1. The highest BCUT2D eigenvalue weighted by atomic mass is 31.2. The summed E-state index contributed by atoms with van der Waals surface area (Å²) in [5, 5.41) is 13.8. The third kappa shape index (κ3) is 3.82. The molecule has 0 aliphatic carbocycles. The number of nitrogens with one attached hydrogen (secondary N) is 2. The van der Waals surface area contributed by atoms with Gasteiger partial charge in [0, 0.05) is 28.6 Å². The number of H-pyrrole nitrogens is 1. The Morgan fingerprint density at radius 2 is 2.07 bits per heavy atom. The molecule has 1 fully saturated rings. The maximum absolute atomic E-state index is 13.7. The van der Waals surface area contributed by atoms with Crippen LogP contribution in [-0.4, -0.2) is 58.7 Å². The van der Waals surface area contributed by atoms with Crippen LogP contribution in [0.2, 0.25) is 0 Å². The van der Waals surface area contributed by atoms with Crippen LogP contribution in [0.3, 0.4) is 0 Å². The molecule has 30 heavy (non-hydrogen) atoms. The molecule has 3 N–H and O–H groups in total. The third-order valence-electron chi connectivity index (χ3n) is 4.99. The average molecular weight is 440 g/mol. The Morgan fingerprint density at radius 1 is 1.30 bits per heavy atom. The van der Waals surface area contributed by atoms with E-state index in [-0.39, 0.29) is 30.4 Å². The van der Waals surface area contributed by atoms with Gasteiger partial charge in [0.2, 0.25) is 5.95 Å². The summed E-state index contributed by atoms with van der Waals surface area (Å²) in [7, 11) is -2.66. The molecule has 1 aliphatic heterocycles. The van der Waals surface area contributed by atoms with E-state index in [1.54, 1.807) is 31.5 Å². The number of anilines is 1. The molecular formula is C19H20F3N4O3P. The van der Waals surface area contributed by atoms with E-state index < -0.39 is 31.0 Å². The van der Waals surface area contributed by atoms with Crippen LogP contribution in [0.5, 0.6) is 0 Å². The van der Waals surface area contributed by atoms with E-state index >= 15 is 0 Å². The molecule has 11 heteroatoms. The van der Waals surface area contributed by atoms with Crippen molar-refractivity contribution in [2.45, 2.75) is 18.3 Å². The molecule has 7 nitrogen and oxygen atoms in total. The van der Waals surface area contributed by atoms with Crippen molar-refractivity contribution in [2.24, 2.45) is 0 Å². The van der Waals surface area contributed by atoms with Gasteiger partial charge in [0.05, 0.1) is 36.6 Å². The van der Waals surface area contributed by atoms with Gasteiger partial charge in [0.25, 0.3) is 0 Å². The second kappa shape index (κ2) is 7.37. The lowest BCUT2D eigenvalue weighted by molar-refractivity contribution is -0.137. The number of aromatic amines is 1. The molecule has 0 unspecified atom stereocenters. The molecule has 1 aromatic carbocycles. The normalized spacial score (nSPS) is 20.1. The van der Waals surface area contributed by atoms with Crippen LogP contribution >= 0.6 is 7.14 Å². The summed E-state index contributed by atoms with van der Waals surface area (Å²) >= 11 is 0. The van der Waals surface area contributed by atoms with Crippen LogP contribution in [-0.2, 0) is 15.5 Å². The van der Waals surface area contributed by atoms with Gasteiger partial charge in [-0.05, 0) is 19.4 Å². The second-order valence-corrected chi connectivity index (χ2v) is 10.7. The van der Waals surface area contributed by atoms with Crippen molar-refractivity contribution in [2.75, 3.05) is 31.9 Å². The summed E-state index contributed by atoms with van der Waals surface area (Å²) in [6, 6.07) is 4.50. The number of alkyl halides is 3. The fourth-order valence-electron chi connectivity index (χ4n) is 3.49. The standard InChI is InChI=1S/C19H20F3N4O3P/c1-30(2,28)15-5-3-4-10-11(6-23-17(10)15)16-12(19(20,21)22)7-24-18(26-16)25-13-8-29-9-14(13)27/h3-7,13-14,23,27H,8-9H2,1-2H3,(H,24,25,26)/t13-,14-/m0/s1. The minimum atomic E-state index is -4.67. The van der Waals surface area contributed by atoms with E-state index in [9.17, 15) is 22.8 Å². The van der Waals surface area contributed by atoms with Gasteiger partial charge in [-0.25, -0.2) is 9.97 Å². The minimum Gasteiger partial charge on any atom is -0.388 e. The van der Waals surface area contributed by atoms with Gasteiger partial charge in [-0.1, -0.05) is 12.1 Å². The first-order valence-corrected chi connectivity index (χ1v) is 11.8. The van der Waals surface area contributed by atoms with Crippen molar-refractivity contribution >= 4 is 29.3 Å². The predicted molar refractivity (Wildman–Crippen MR) is 108 cm³/mol. The van der Waals surface area contributed by atoms with Crippen molar-refractivity contribution < 1.29 is 27.6 Å². The molecule has 160 valence electrons. The zero-order chi connectivity index (χ0) is 21.7. The molecule has 4 rings (SSSR count). The van der Waals surface area contributed by atoms with Crippen LogP contribution in [0.15, 0.2) is 30.6 Å². The van der Waals surface area contributed by atoms with E-state index in [0.29, 0.717) is 16.2 Å². The van der Waals surface area contributed by atoms with E-state index in [1.807, 2.05) is 0 Å². The topological polar surface area (TPSA) is 100 Å². The average Bonchev–Trinajstić information content (AvgIpc) is 3.26. The van der Waals surface area contributed by atoms with Crippen LogP contribution in [0.1, 0.15) is 5.56 Å². The zero-order valence-electron chi connectivity index (χ0n) is 16.2. The molecule has 0 amide bonds. The lowest BCUT2D eigenvalue weighted by Gasteiger charge is -2.17. The van der Waals surface area contributed by atoms with Gasteiger partial charge in [0.1, 0.15) is 12.7 Å². The maximum Gasteiger partial charge on any atom is 0.419 e. The number of rotatable bonds is 4. The summed E-state index contributed by atoms with van der Waals surface area (Å²) in [6.07, 6.45) is -3.33. The highest BCUT2D eigenvalue weighted by Crippen LogP contribution is 2.41. The number of fused-ring (bicyclic) bond motifs is 1.